The minimum absolute atomic E-state index is 0.613. The number of nitrogens with zero attached hydrogens (tertiary/aromatic N) is 3. The quantitative estimate of drug-likeness (QED) is 0.417. The molecular weight excluding hydrogens is 314 g/mol. The number of nitrogens with one attached hydrogen (secondary N) is 2. The van der Waals surface area contributed by atoms with E-state index in [0.717, 1.165) is 49.9 Å². The second kappa shape index (κ2) is 10.4. The third-order valence-corrected chi connectivity index (χ3v) is 3.82. The van der Waals surface area contributed by atoms with E-state index in [2.05, 4.69) is 46.7 Å². The summed E-state index contributed by atoms with van der Waals surface area (Å²) in [7, 11) is 1.93. The standard InChI is InChI=1S/C19H29N5O/c1-4-20-19(22-15-17-11-13-23-24(17)3)21-12-5-6-14-25-18-9-7-16(2)8-10-18/h7-11,13H,4-6,12,14-15H2,1-3H3,(H2,20,21,22). The van der Waals surface area contributed by atoms with Crippen molar-refractivity contribution in [2.24, 2.45) is 12.0 Å². The van der Waals surface area contributed by atoms with Crippen LogP contribution in [0.5, 0.6) is 5.75 Å². The number of benzene rings is 1. The number of hydrogen-bond donors (Lipinski definition) is 2. The summed E-state index contributed by atoms with van der Waals surface area (Å²) in [6, 6.07) is 10.1. The number of aliphatic imine (C=N–C) groups is 1. The van der Waals surface area contributed by atoms with Crippen LogP contribution in [0.15, 0.2) is 41.5 Å². The van der Waals surface area contributed by atoms with Crippen molar-refractivity contribution in [2.75, 3.05) is 19.7 Å². The van der Waals surface area contributed by atoms with Crippen molar-refractivity contribution < 1.29 is 4.74 Å². The van der Waals surface area contributed by atoms with Gasteiger partial charge < -0.3 is 15.4 Å². The molecule has 0 spiro atoms. The molecule has 0 radical (unpaired) electrons. The highest BCUT2D eigenvalue weighted by atomic mass is 16.5. The van der Waals surface area contributed by atoms with Crippen LogP contribution in [0.4, 0.5) is 0 Å². The minimum atomic E-state index is 0.613. The predicted molar refractivity (Wildman–Crippen MR) is 102 cm³/mol. The van der Waals surface area contributed by atoms with Gasteiger partial charge in [0.25, 0.3) is 0 Å². The zero-order chi connectivity index (χ0) is 17.9. The molecule has 0 fully saturated rings. The molecule has 1 aromatic heterocycles. The number of aromatic nitrogens is 2. The van der Waals surface area contributed by atoms with Crippen molar-refractivity contribution in [1.29, 1.82) is 0 Å². The molecule has 0 amide bonds. The van der Waals surface area contributed by atoms with Crippen LogP contribution in [0, 0.1) is 6.92 Å². The van der Waals surface area contributed by atoms with Crippen LogP contribution >= 0.6 is 0 Å². The summed E-state index contributed by atoms with van der Waals surface area (Å²) in [5.74, 6) is 1.77. The lowest BCUT2D eigenvalue weighted by molar-refractivity contribution is 0.307. The maximum absolute atomic E-state index is 5.74. The summed E-state index contributed by atoms with van der Waals surface area (Å²) in [5.41, 5.74) is 2.33. The lowest BCUT2D eigenvalue weighted by Crippen LogP contribution is -2.37. The van der Waals surface area contributed by atoms with Gasteiger partial charge in [-0.1, -0.05) is 17.7 Å². The van der Waals surface area contributed by atoms with E-state index in [1.807, 2.05) is 29.9 Å². The van der Waals surface area contributed by atoms with E-state index >= 15 is 0 Å². The lowest BCUT2D eigenvalue weighted by atomic mass is 10.2. The normalized spacial score (nSPS) is 11.4. The van der Waals surface area contributed by atoms with Crippen LogP contribution in [0.2, 0.25) is 0 Å². The predicted octanol–water partition coefficient (Wildman–Crippen LogP) is 2.64. The van der Waals surface area contributed by atoms with Crippen molar-refractivity contribution in [3.8, 4) is 5.75 Å². The number of ether oxygens (including phenoxy) is 1. The van der Waals surface area contributed by atoms with Crippen molar-refractivity contribution in [1.82, 2.24) is 20.4 Å². The second-order valence-electron chi connectivity index (χ2n) is 5.94. The van der Waals surface area contributed by atoms with Gasteiger partial charge in [-0.05, 0) is 44.9 Å². The first-order valence-electron chi connectivity index (χ1n) is 8.87. The number of hydrogen-bond acceptors (Lipinski definition) is 3. The van der Waals surface area contributed by atoms with Crippen LogP contribution in [0.3, 0.4) is 0 Å². The van der Waals surface area contributed by atoms with Gasteiger partial charge in [-0.2, -0.15) is 5.10 Å². The maximum Gasteiger partial charge on any atom is 0.191 e. The first kappa shape index (κ1) is 18.8. The van der Waals surface area contributed by atoms with Crippen LogP contribution < -0.4 is 15.4 Å². The smallest absolute Gasteiger partial charge is 0.191 e. The minimum Gasteiger partial charge on any atom is -0.494 e. The lowest BCUT2D eigenvalue weighted by Gasteiger charge is -2.11. The van der Waals surface area contributed by atoms with Gasteiger partial charge in [0.05, 0.1) is 18.8 Å². The van der Waals surface area contributed by atoms with E-state index < -0.39 is 0 Å². The topological polar surface area (TPSA) is 63.5 Å². The number of aryl methyl sites for hydroxylation is 2. The Bertz CT molecular complexity index is 648. The van der Waals surface area contributed by atoms with Crippen LogP contribution in [0.25, 0.3) is 0 Å². The summed E-state index contributed by atoms with van der Waals surface area (Å²) < 4.78 is 7.58. The third-order valence-electron chi connectivity index (χ3n) is 3.82. The van der Waals surface area contributed by atoms with Crippen molar-refractivity contribution in [3.05, 3.63) is 47.8 Å². The molecule has 2 rings (SSSR count). The molecule has 2 N–H and O–H groups in total. The van der Waals surface area contributed by atoms with Gasteiger partial charge in [-0.3, -0.25) is 4.68 Å². The third kappa shape index (κ3) is 6.87. The molecule has 6 nitrogen and oxygen atoms in total. The molecule has 25 heavy (non-hydrogen) atoms. The first-order chi connectivity index (χ1) is 12.2. The fourth-order valence-electron chi connectivity index (χ4n) is 2.32. The number of rotatable bonds is 9. The highest BCUT2D eigenvalue weighted by Gasteiger charge is 2.00. The van der Waals surface area contributed by atoms with E-state index in [9.17, 15) is 0 Å². The molecule has 0 aliphatic heterocycles. The van der Waals surface area contributed by atoms with Gasteiger partial charge in [-0.15, -0.1) is 0 Å². The first-order valence-corrected chi connectivity index (χ1v) is 8.87. The zero-order valence-corrected chi connectivity index (χ0v) is 15.5. The summed E-state index contributed by atoms with van der Waals surface area (Å²) in [4.78, 5) is 4.59. The average molecular weight is 343 g/mol. The molecule has 0 bridgehead atoms. The Morgan fingerprint density at radius 1 is 1.16 bits per heavy atom. The monoisotopic (exact) mass is 343 g/mol. The Kier molecular flexibility index (Phi) is 7.82. The zero-order valence-electron chi connectivity index (χ0n) is 15.5. The van der Waals surface area contributed by atoms with Crippen molar-refractivity contribution in [3.63, 3.8) is 0 Å². The second-order valence-corrected chi connectivity index (χ2v) is 5.94. The molecule has 136 valence electrons. The van der Waals surface area contributed by atoms with Crippen LogP contribution in [0.1, 0.15) is 31.0 Å². The van der Waals surface area contributed by atoms with E-state index in [0.29, 0.717) is 6.54 Å². The molecule has 0 saturated heterocycles. The maximum atomic E-state index is 5.74. The van der Waals surface area contributed by atoms with Gasteiger partial charge in [0.1, 0.15) is 5.75 Å². The molecule has 1 heterocycles. The Balaban J connectivity index is 1.65. The Hall–Kier alpha value is -2.50. The van der Waals surface area contributed by atoms with Gasteiger partial charge >= 0.3 is 0 Å². The van der Waals surface area contributed by atoms with Crippen molar-refractivity contribution in [2.45, 2.75) is 33.2 Å². The van der Waals surface area contributed by atoms with Crippen LogP contribution in [-0.2, 0) is 13.6 Å². The molecule has 0 saturated carbocycles. The largest absolute Gasteiger partial charge is 0.494 e. The fourth-order valence-corrected chi connectivity index (χ4v) is 2.32. The summed E-state index contributed by atoms with van der Waals surface area (Å²) >= 11 is 0. The Labute approximate surface area is 150 Å². The van der Waals surface area contributed by atoms with E-state index in [4.69, 9.17) is 4.74 Å². The Morgan fingerprint density at radius 3 is 2.64 bits per heavy atom. The summed E-state index contributed by atoms with van der Waals surface area (Å²) in [6.45, 7) is 7.20. The van der Waals surface area contributed by atoms with E-state index in [1.54, 1.807) is 6.20 Å². The highest BCUT2D eigenvalue weighted by Crippen LogP contribution is 2.11. The van der Waals surface area contributed by atoms with Gasteiger partial charge in [-0.25, -0.2) is 4.99 Å². The fraction of sp³-hybridized carbons (Fsp3) is 0.474. The SMILES string of the molecule is CCNC(=NCc1ccnn1C)NCCCCOc1ccc(C)cc1. The molecule has 2 aromatic rings. The van der Waals surface area contributed by atoms with E-state index in [1.165, 1.54) is 5.56 Å². The highest BCUT2D eigenvalue weighted by molar-refractivity contribution is 5.79. The molecule has 0 aliphatic rings. The average Bonchev–Trinajstić information content (AvgIpc) is 3.02. The molecule has 0 atom stereocenters. The summed E-state index contributed by atoms with van der Waals surface area (Å²) in [6.07, 6.45) is 3.82. The van der Waals surface area contributed by atoms with Gasteiger partial charge in [0, 0.05) is 26.3 Å². The number of unbranched alkanes of at least 4 members (excludes halogenated alkanes) is 1. The molecule has 6 heteroatoms. The molecule has 1 aromatic carbocycles. The molecule has 0 aliphatic carbocycles. The summed E-state index contributed by atoms with van der Waals surface area (Å²) in [5, 5.41) is 10.8. The van der Waals surface area contributed by atoms with Gasteiger partial charge in [0.2, 0.25) is 0 Å². The molecular formula is C19H29N5O. The van der Waals surface area contributed by atoms with Gasteiger partial charge in [0.15, 0.2) is 5.96 Å². The van der Waals surface area contributed by atoms with E-state index in [-0.39, 0.29) is 0 Å². The van der Waals surface area contributed by atoms with Crippen molar-refractivity contribution >= 4 is 5.96 Å². The van der Waals surface area contributed by atoms with Crippen LogP contribution in [-0.4, -0.2) is 35.4 Å². The number of guanidine groups is 1. The Morgan fingerprint density at radius 2 is 1.96 bits per heavy atom. The molecule has 0 unspecified atom stereocenters.